The molecule has 0 saturated heterocycles. The van der Waals surface area contributed by atoms with Gasteiger partial charge in [-0.05, 0) is 60.2 Å². The summed E-state index contributed by atoms with van der Waals surface area (Å²) in [5.74, 6) is -2.70. The van der Waals surface area contributed by atoms with Crippen molar-refractivity contribution in [2.45, 2.75) is 31.9 Å². The van der Waals surface area contributed by atoms with Gasteiger partial charge in [0.1, 0.15) is 11.3 Å². The van der Waals surface area contributed by atoms with Crippen LogP contribution in [0.2, 0.25) is 5.02 Å². The third-order valence-corrected chi connectivity index (χ3v) is 6.31. The molecule has 0 aliphatic carbocycles. The van der Waals surface area contributed by atoms with Crippen LogP contribution in [0.3, 0.4) is 0 Å². The van der Waals surface area contributed by atoms with Gasteiger partial charge in [0.2, 0.25) is 0 Å². The molecule has 1 aromatic heterocycles. The van der Waals surface area contributed by atoms with Crippen molar-refractivity contribution in [2.75, 3.05) is 0 Å². The van der Waals surface area contributed by atoms with Crippen molar-refractivity contribution >= 4 is 28.5 Å². The van der Waals surface area contributed by atoms with Crippen molar-refractivity contribution in [3.05, 3.63) is 93.5 Å². The molecule has 0 unspecified atom stereocenters. The van der Waals surface area contributed by atoms with Gasteiger partial charge in [-0.2, -0.15) is 0 Å². The molecular weight excluding hydrogens is 473 g/mol. The molecule has 180 valence electrons. The maximum absolute atomic E-state index is 13.7. The molecule has 4 aromatic rings. The zero-order valence-corrected chi connectivity index (χ0v) is 19.4. The number of aliphatic hydroxyl groups excluding tert-OH is 1. The van der Waals surface area contributed by atoms with Crippen LogP contribution in [-0.4, -0.2) is 37.3 Å². The number of fused-ring (bicyclic) bond motifs is 1. The van der Waals surface area contributed by atoms with Crippen LogP contribution in [0.4, 0.5) is 4.39 Å². The second-order valence-corrected chi connectivity index (χ2v) is 8.71. The molecular formula is C26H23ClFN3O4. The van der Waals surface area contributed by atoms with Crippen molar-refractivity contribution in [2.24, 2.45) is 5.92 Å². The van der Waals surface area contributed by atoms with E-state index in [0.29, 0.717) is 22.9 Å². The first-order chi connectivity index (χ1) is 16.8. The number of carboxylic acids is 1. The van der Waals surface area contributed by atoms with E-state index < -0.39 is 23.8 Å². The van der Waals surface area contributed by atoms with E-state index in [-0.39, 0.29) is 30.0 Å². The number of carboxylic acid groups (broad SMARTS) is 1. The van der Waals surface area contributed by atoms with Crippen LogP contribution in [0.1, 0.15) is 18.4 Å². The molecule has 35 heavy (non-hydrogen) atoms. The first kappa shape index (κ1) is 24.5. The van der Waals surface area contributed by atoms with Crippen molar-refractivity contribution in [3.8, 4) is 11.1 Å². The highest BCUT2D eigenvalue weighted by Crippen LogP contribution is 2.25. The summed E-state index contributed by atoms with van der Waals surface area (Å²) in [7, 11) is 0. The number of hydrogen-bond donors (Lipinski definition) is 2. The highest BCUT2D eigenvalue weighted by Gasteiger charge is 2.26. The maximum Gasteiger partial charge on any atom is 0.309 e. The molecule has 0 radical (unpaired) electrons. The minimum atomic E-state index is -1.14. The average molecular weight is 496 g/mol. The third kappa shape index (κ3) is 5.72. The van der Waals surface area contributed by atoms with E-state index in [9.17, 15) is 24.2 Å². The van der Waals surface area contributed by atoms with Crippen LogP contribution in [0.5, 0.6) is 0 Å². The zero-order valence-electron chi connectivity index (χ0n) is 18.6. The van der Waals surface area contributed by atoms with Crippen molar-refractivity contribution < 1.29 is 19.4 Å². The van der Waals surface area contributed by atoms with Crippen molar-refractivity contribution in [1.29, 1.82) is 0 Å². The van der Waals surface area contributed by atoms with Crippen LogP contribution in [0.15, 0.2) is 71.5 Å². The van der Waals surface area contributed by atoms with E-state index in [1.807, 2.05) is 24.3 Å². The number of carbonyl (C=O) groups is 1. The number of aryl methyl sites for hydroxylation is 2. The van der Waals surface area contributed by atoms with Gasteiger partial charge in [0.05, 0.1) is 22.4 Å². The fraction of sp³-hybridized carbons (Fsp3) is 0.231. The Labute approximate surface area is 205 Å². The van der Waals surface area contributed by atoms with Crippen LogP contribution in [0, 0.1) is 11.7 Å². The zero-order chi connectivity index (χ0) is 24.9. The summed E-state index contributed by atoms with van der Waals surface area (Å²) in [5.41, 5.74) is 2.53. The van der Waals surface area contributed by atoms with E-state index >= 15 is 0 Å². The predicted molar refractivity (Wildman–Crippen MR) is 131 cm³/mol. The second-order valence-electron chi connectivity index (χ2n) is 8.30. The summed E-state index contributed by atoms with van der Waals surface area (Å²) < 4.78 is 14.9. The van der Waals surface area contributed by atoms with Crippen LogP contribution in [-0.2, 0) is 17.8 Å². The molecule has 0 spiro atoms. The van der Waals surface area contributed by atoms with Crippen LogP contribution >= 0.6 is 11.6 Å². The fourth-order valence-electron chi connectivity index (χ4n) is 3.97. The van der Waals surface area contributed by atoms with E-state index in [4.69, 9.17) is 11.6 Å². The minimum Gasteiger partial charge on any atom is -0.481 e. The van der Waals surface area contributed by atoms with E-state index in [1.54, 1.807) is 30.3 Å². The quantitative estimate of drug-likeness (QED) is 0.358. The summed E-state index contributed by atoms with van der Waals surface area (Å²) in [6, 6.07) is 18.8. The Balaban J connectivity index is 1.38. The molecule has 7 nitrogen and oxygen atoms in total. The Hall–Kier alpha value is -3.62. The maximum atomic E-state index is 13.7. The largest absolute Gasteiger partial charge is 0.481 e. The van der Waals surface area contributed by atoms with E-state index in [1.165, 1.54) is 12.1 Å². The number of aliphatic hydroxyl groups is 1. The highest BCUT2D eigenvalue weighted by molar-refractivity contribution is 6.30. The van der Waals surface area contributed by atoms with Gasteiger partial charge in [-0.15, -0.1) is 5.10 Å². The first-order valence-electron chi connectivity index (χ1n) is 11.1. The lowest BCUT2D eigenvalue weighted by atomic mass is 9.93. The highest BCUT2D eigenvalue weighted by atomic mass is 35.5. The lowest BCUT2D eigenvalue weighted by Gasteiger charge is -2.19. The van der Waals surface area contributed by atoms with Gasteiger partial charge in [0.25, 0.3) is 5.56 Å². The lowest BCUT2D eigenvalue weighted by Crippen LogP contribution is -2.32. The second kappa shape index (κ2) is 10.8. The summed E-state index contributed by atoms with van der Waals surface area (Å²) in [6.07, 6.45) is -0.397. The van der Waals surface area contributed by atoms with Crippen molar-refractivity contribution in [1.82, 2.24) is 15.0 Å². The Kier molecular flexibility index (Phi) is 7.53. The molecule has 3 aromatic carbocycles. The first-order valence-corrected chi connectivity index (χ1v) is 11.5. The normalized spacial score (nSPS) is 13.0. The van der Waals surface area contributed by atoms with Gasteiger partial charge >= 0.3 is 5.97 Å². The van der Waals surface area contributed by atoms with Gasteiger partial charge in [0, 0.05) is 6.54 Å². The summed E-state index contributed by atoms with van der Waals surface area (Å²) in [4.78, 5) is 24.4. The smallest absolute Gasteiger partial charge is 0.309 e. The predicted octanol–water partition coefficient (Wildman–Crippen LogP) is 4.34. The molecule has 0 saturated carbocycles. The number of aliphatic carboxylic acids is 1. The topological polar surface area (TPSA) is 105 Å². The lowest BCUT2D eigenvalue weighted by molar-refractivity contribution is -0.146. The molecule has 0 bridgehead atoms. The fourth-order valence-corrected chi connectivity index (χ4v) is 4.08. The third-order valence-electron chi connectivity index (χ3n) is 6.00. The monoisotopic (exact) mass is 495 g/mol. The molecule has 0 aliphatic heterocycles. The number of halogens is 2. The summed E-state index contributed by atoms with van der Waals surface area (Å²) in [5, 5.41) is 28.6. The Bertz CT molecular complexity index is 1410. The van der Waals surface area contributed by atoms with Crippen LogP contribution in [0.25, 0.3) is 22.0 Å². The Morgan fingerprint density at radius 2 is 1.74 bits per heavy atom. The molecule has 2 N–H and O–H groups in total. The number of rotatable bonds is 9. The Morgan fingerprint density at radius 1 is 1.03 bits per heavy atom. The summed E-state index contributed by atoms with van der Waals surface area (Å²) >= 11 is 5.74. The molecule has 1 heterocycles. The van der Waals surface area contributed by atoms with Gasteiger partial charge in [-0.25, -0.2) is 9.07 Å². The number of aromatic nitrogens is 3. The number of hydrogen-bond acceptors (Lipinski definition) is 5. The molecule has 0 fully saturated rings. The average Bonchev–Trinajstić information content (AvgIpc) is 2.86. The van der Waals surface area contributed by atoms with Crippen LogP contribution < -0.4 is 5.56 Å². The standard InChI is InChI=1S/C26H23ClFN3O4/c27-21-11-10-18(15-22(21)28)17-8-5-16(6-9-17)7-12-24(32)20(26(34)35)13-14-31-25(33)19-3-1-2-4-23(19)29-30-31/h1-6,8-11,15,20,24,32H,7,12-14H2,(H,34,35)/t20-,24+/m0/s1. The molecule has 0 aliphatic rings. The minimum absolute atomic E-state index is 0.0248. The molecule has 4 rings (SSSR count). The number of nitrogens with zero attached hydrogens (tertiary/aromatic N) is 3. The Morgan fingerprint density at radius 3 is 2.46 bits per heavy atom. The van der Waals surface area contributed by atoms with Gasteiger partial charge in [-0.1, -0.05) is 59.3 Å². The van der Waals surface area contributed by atoms with Gasteiger partial charge in [-0.3, -0.25) is 9.59 Å². The van der Waals surface area contributed by atoms with E-state index in [2.05, 4.69) is 10.3 Å². The molecule has 0 amide bonds. The van der Waals surface area contributed by atoms with Gasteiger partial charge < -0.3 is 10.2 Å². The molecule has 9 heteroatoms. The molecule has 2 atom stereocenters. The van der Waals surface area contributed by atoms with Gasteiger partial charge in [0.15, 0.2) is 0 Å². The van der Waals surface area contributed by atoms with E-state index in [0.717, 1.165) is 15.8 Å². The number of benzene rings is 3. The SMILES string of the molecule is O=C(O)[C@@H](CCn1nnc2ccccc2c1=O)[C@H](O)CCc1ccc(-c2ccc(Cl)c(F)c2)cc1. The summed E-state index contributed by atoms with van der Waals surface area (Å²) in [6.45, 7) is 0.0248. The van der Waals surface area contributed by atoms with Crippen molar-refractivity contribution in [3.63, 3.8) is 0 Å².